The number of likely N-dealkylation sites (N-methyl/N-ethyl adjacent to an activating group) is 1. The van der Waals surface area contributed by atoms with Crippen molar-refractivity contribution in [1.29, 1.82) is 0 Å². The van der Waals surface area contributed by atoms with E-state index >= 15 is 0 Å². The second kappa shape index (κ2) is 7.33. The smallest absolute Gasteiger partial charge is 0.172 e. The van der Waals surface area contributed by atoms with Crippen LogP contribution in [0.1, 0.15) is 38.4 Å². The highest BCUT2D eigenvalue weighted by atomic mass is 32.1. The molecule has 1 aromatic heterocycles. The molecule has 0 radical (unpaired) electrons. The Morgan fingerprint density at radius 2 is 1.95 bits per heavy atom. The minimum absolute atomic E-state index is 0.102. The van der Waals surface area contributed by atoms with Crippen LogP contribution in [0.2, 0.25) is 0 Å². The highest BCUT2D eigenvalue weighted by Gasteiger charge is 2.23. The van der Waals surface area contributed by atoms with E-state index in [1.807, 2.05) is 0 Å². The van der Waals surface area contributed by atoms with E-state index in [4.69, 9.17) is 14.5 Å². The second-order valence-electron chi connectivity index (χ2n) is 5.58. The molecule has 0 aliphatic rings. The first-order valence-corrected chi connectivity index (χ1v) is 7.54. The number of hydrogen-bond donors (Lipinski definition) is 1. The zero-order chi connectivity index (χ0) is 14.5. The normalized spacial score (nSPS) is 14.1. The van der Waals surface area contributed by atoms with Gasteiger partial charge in [-0.05, 0) is 6.54 Å². The Morgan fingerprint density at radius 1 is 1.32 bits per heavy atom. The number of nitrogens with zero attached hydrogens (tertiary/aromatic N) is 1. The average molecular weight is 286 g/mol. The number of methoxy groups -OCH3 is 2. The first-order chi connectivity index (χ1) is 8.92. The van der Waals surface area contributed by atoms with Crippen LogP contribution in [0.3, 0.4) is 0 Å². The van der Waals surface area contributed by atoms with Gasteiger partial charge < -0.3 is 14.8 Å². The lowest BCUT2D eigenvalue weighted by atomic mass is 9.93. The van der Waals surface area contributed by atoms with Crippen LogP contribution < -0.4 is 5.32 Å². The predicted octanol–water partition coefficient (Wildman–Crippen LogP) is 2.58. The molecule has 0 aliphatic carbocycles. The molecule has 1 aromatic rings. The highest BCUT2D eigenvalue weighted by Crippen LogP contribution is 2.24. The number of hydrogen-bond acceptors (Lipinski definition) is 5. The van der Waals surface area contributed by atoms with Gasteiger partial charge in [-0.2, -0.15) is 0 Å². The number of aromatic nitrogens is 1. The first kappa shape index (κ1) is 16.6. The van der Waals surface area contributed by atoms with E-state index in [-0.39, 0.29) is 17.7 Å². The molecule has 19 heavy (non-hydrogen) atoms. The minimum atomic E-state index is -0.248. The summed E-state index contributed by atoms with van der Waals surface area (Å²) in [6.07, 6.45) is 0.572. The van der Waals surface area contributed by atoms with Crippen molar-refractivity contribution in [2.24, 2.45) is 0 Å². The van der Waals surface area contributed by atoms with E-state index in [1.165, 1.54) is 0 Å². The third-order valence-electron chi connectivity index (χ3n) is 2.97. The van der Waals surface area contributed by atoms with E-state index in [0.29, 0.717) is 0 Å². The van der Waals surface area contributed by atoms with Crippen molar-refractivity contribution in [2.75, 3.05) is 20.8 Å². The van der Waals surface area contributed by atoms with Crippen molar-refractivity contribution >= 4 is 11.3 Å². The highest BCUT2D eigenvalue weighted by molar-refractivity contribution is 7.09. The largest absolute Gasteiger partial charge is 0.354 e. The molecule has 1 N–H and O–H groups in total. The van der Waals surface area contributed by atoms with Gasteiger partial charge in [-0.3, -0.25) is 0 Å². The molecule has 0 bridgehead atoms. The molecule has 0 saturated carbocycles. The molecule has 1 unspecified atom stereocenters. The van der Waals surface area contributed by atoms with Gasteiger partial charge in [0.15, 0.2) is 6.29 Å². The number of ether oxygens (including phenoxy) is 2. The lowest BCUT2D eigenvalue weighted by Gasteiger charge is -2.24. The Hall–Kier alpha value is -0.490. The van der Waals surface area contributed by atoms with Gasteiger partial charge in [-0.1, -0.05) is 27.7 Å². The summed E-state index contributed by atoms with van der Waals surface area (Å²) in [5.41, 5.74) is 1.25. The van der Waals surface area contributed by atoms with Crippen molar-refractivity contribution in [2.45, 2.75) is 51.9 Å². The fourth-order valence-corrected chi connectivity index (χ4v) is 2.97. The Balaban J connectivity index is 2.76. The summed E-state index contributed by atoms with van der Waals surface area (Å²) in [6.45, 7) is 9.51. The molecule has 4 nitrogen and oxygen atoms in total. The molecular weight excluding hydrogens is 260 g/mol. The SMILES string of the molecule is CCNC(Cc1nc(C(C)(C)C)cs1)C(OC)OC. The van der Waals surface area contributed by atoms with E-state index in [9.17, 15) is 0 Å². The number of thiazole rings is 1. The topological polar surface area (TPSA) is 43.4 Å². The van der Waals surface area contributed by atoms with Gasteiger partial charge in [0.25, 0.3) is 0 Å². The van der Waals surface area contributed by atoms with Gasteiger partial charge in [-0.25, -0.2) is 4.98 Å². The Morgan fingerprint density at radius 3 is 2.37 bits per heavy atom. The van der Waals surface area contributed by atoms with E-state index < -0.39 is 0 Å². The van der Waals surface area contributed by atoms with Crippen LogP contribution >= 0.6 is 11.3 Å². The first-order valence-electron chi connectivity index (χ1n) is 6.66. The van der Waals surface area contributed by atoms with Crippen molar-refractivity contribution in [1.82, 2.24) is 10.3 Å². The third kappa shape index (κ3) is 4.84. The van der Waals surface area contributed by atoms with Gasteiger partial charge in [0.1, 0.15) is 0 Å². The van der Waals surface area contributed by atoms with Crippen molar-refractivity contribution < 1.29 is 9.47 Å². The van der Waals surface area contributed by atoms with Crippen molar-refractivity contribution in [3.63, 3.8) is 0 Å². The summed E-state index contributed by atoms with van der Waals surface area (Å²) in [7, 11) is 3.34. The summed E-state index contributed by atoms with van der Waals surface area (Å²) >= 11 is 1.71. The molecule has 110 valence electrons. The Bertz CT molecular complexity index is 370. The fourth-order valence-electron chi connectivity index (χ4n) is 1.89. The molecular formula is C14H26N2O2S. The summed E-state index contributed by atoms with van der Waals surface area (Å²) in [6, 6.07) is 0.124. The van der Waals surface area contributed by atoms with Crippen LogP contribution in [-0.2, 0) is 21.3 Å². The number of rotatable bonds is 7. The molecule has 0 amide bonds. The van der Waals surface area contributed by atoms with E-state index in [2.05, 4.69) is 38.4 Å². The summed E-state index contributed by atoms with van der Waals surface area (Å²) in [5, 5.41) is 6.66. The number of nitrogens with one attached hydrogen (secondary N) is 1. The zero-order valence-corrected chi connectivity index (χ0v) is 13.6. The molecule has 0 aromatic carbocycles. The Kier molecular flexibility index (Phi) is 6.39. The maximum absolute atomic E-state index is 5.35. The van der Waals surface area contributed by atoms with Crippen LogP contribution in [0.5, 0.6) is 0 Å². The monoisotopic (exact) mass is 286 g/mol. The molecule has 0 fully saturated rings. The second-order valence-corrected chi connectivity index (χ2v) is 6.53. The minimum Gasteiger partial charge on any atom is -0.354 e. The molecule has 0 saturated heterocycles. The summed E-state index contributed by atoms with van der Waals surface area (Å²) in [4.78, 5) is 4.72. The maximum Gasteiger partial charge on any atom is 0.172 e. The van der Waals surface area contributed by atoms with Crippen LogP contribution in [0.15, 0.2) is 5.38 Å². The summed E-state index contributed by atoms with van der Waals surface area (Å²) < 4.78 is 10.7. The van der Waals surface area contributed by atoms with Gasteiger partial charge in [-0.15, -0.1) is 11.3 Å². The lowest BCUT2D eigenvalue weighted by Crippen LogP contribution is -2.43. The molecule has 1 rings (SSSR count). The standard InChI is InChI=1S/C14H26N2O2S/c1-7-15-10(13(17-5)18-6)8-12-16-11(9-19-12)14(2,3)4/h9-10,13,15H,7-8H2,1-6H3. The maximum atomic E-state index is 5.35. The van der Waals surface area contributed by atoms with Gasteiger partial charge >= 0.3 is 0 Å². The summed E-state index contributed by atoms with van der Waals surface area (Å²) in [5.74, 6) is 0. The van der Waals surface area contributed by atoms with Crippen molar-refractivity contribution in [3.8, 4) is 0 Å². The van der Waals surface area contributed by atoms with Crippen LogP contribution in [-0.4, -0.2) is 38.1 Å². The van der Waals surface area contributed by atoms with Gasteiger partial charge in [0.2, 0.25) is 0 Å². The predicted molar refractivity (Wildman–Crippen MR) is 79.8 cm³/mol. The molecule has 5 heteroatoms. The third-order valence-corrected chi connectivity index (χ3v) is 3.85. The van der Waals surface area contributed by atoms with Crippen molar-refractivity contribution in [3.05, 3.63) is 16.1 Å². The van der Waals surface area contributed by atoms with E-state index in [1.54, 1.807) is 25.6 Å². The van der Waals surface area contributed by atoms with E-state index in [0.717, 1.165) is 23.7 Å². The molecule has 1 heterocycles. The average Bonchev–Trinajstić information content (AvgIpc) is 2.79. The molecule has 1 atom stereocenters. The van der Waals surface area contributed by atoms with Gasteiger partial charge in [0, 0.05) is 31.4 Å². The van der Waals surface area contributed by atoms with Crippen LogP contribution in [0.4, 0.5) is 0 Å². The quantitative estimate of drug-likeness (QED) is 0.782. The lowest BCUT2D eigenvalue weighted by molar-refractivity contribution is -0.122. The molecule has 0 aliphatic heterocycles. The van der Waals surface area contributed by atoms with Crippen LogP contribution in [0, 0.1) is 0 Å². The molecule has 0 spiro atoms. The van der Waals surface area contributed by atoms with Crippen LogP contribution in [0.25, 0.3) is 0 Å². The van der Waals surface area contributed by atoms with Gasteiger partial charge in [0.05, 0.1) is 16.7 Å². The Labute approximate surface area is 120 Å². The fraction of sp³-hybridized carbons (Fsp3) is 0.786. The zero-order valence-electron chi connectivity index (χ0n) is 12.8.